The first-order valence-electron chi connectivity index (χ1n) is 7.54. The molecule has 0 spiro atoms. The molecule has 1 fully saturated rings. The molecule has 1 aromatic heterocycles. The molecule has 1 N–H and O–H groups in total. The summed E-state index contributed by atoms with van der Waals surface area (Å²) in [6.07, 6.45) is 3.81. The van der Waals surface area contributed by atoms with Crippen LogP contribution in [0.25, 0.3) is 10.2 Å². The fourth-order valence-electron chi connectivity index (χ4n) is 2.97. The van der Waals surface area contributed by atoms with E-state index in [4.69, 9.17) is 4.98 Å². The largest absolute Gasteiger partial charge is 0.317 e. The van der Waals surface area contributed by atoms with Gasteiger partial charge in [0, 0.05) is 6.04 Å². The zero-order chi connectivity index (χ0) is 13.9. The number of nitrogens with zero attached hydrogens (tertiary/aromatic N) is 2. The highest BCUT2D eigenvalue weighted by molar-refractivity contribution is 7.18. The Morgan fingerprint density at radius 1 is 1.30 bits per heavy atom. The zero-order valence-electron chi connectivity index (χ0n) is 12.3. The Kier molecular flexibility index (Phi) is 4.34. The van der Waals surface area contributed by atoms with Crippen LogP contribution in [0.5, 0.6) is 0 Å². The van der Waals surface area contributed by atoms with E-state index >= 15 is 0 Å². The van der Waals surface area contributed by atoms with E-state index in [1.165, 1.54) is 35.5 Å². The third-order valence-electron chi connectivity index (χ3n) is 4.40. The van der Waals surface area contributed by atoms with E-state index in [1.54, 1.807) is 0 Å². The number of rotatable bonds is 3. The summed E-state index contributed by atoms with van der Waals surface area (Å²) in [7, 11) is 2.26. The Morgan fingerprint density at radius 3 is 3.00 bits per heavy atom. The summed E-state index contributed by atoms with van der Waals surface area (Å²) in [4.78, 5) is 7.33. The highest BCUT2D eigenvalue weighted by Crippen LogP contribution is 2.31. The van der Waals surface area contributed by atoms with Gasteiger partial charge < -0.3 is 5.32 Å². The second-order valence-corrected chi connectivity index (χ2v) is 6.76. The Hall–Kier alpha value is -0.970. The monoisotopic (exact) mass is 289 g/mol. The molecule has 0 bridgehead atoms. The third-order valence-corrected chi connectivity index (χ3v) is 5.61. The van der Waals surface area contributed by atoms with Gasteiger partial charge in [-0.1, -0.05) is 12.1 Å². The Labute approximate surface area is 125 Å². The van der Waals surface area contributed by atoms with Crippen molar-refractivity contribution in [2.24, 2.45) is 0 Å². The van der Waals surface area contributed by atoms with Gasteiger partial charge in [0.15, 0.2) is 0 Å². The van der Waals surface area contributed by atoms with Gasteiger partial charge in [0.25, 0.3) is 0 Å². The van der Waals surface area contributed by atoms with Crippen LogP contribution in [0.2, 0.25) is 0 Å². The smallest absolute Gasteiger partial charge is 0.111 e. The summed E-state index contributed by atoms with van der Waals surface area (Å²) in [5.41, 5.74) is 1.13. The molecule has 108 valence electrons. The molecule has 2 aromatic rings. The Balaban J connectivity index is 1.77. The van der Waals surface area contributed by atoms with Crippen molar-refractivity contribution in [2.75, 3.05) is 20.1 Å². The fourth-order valence-corrected chi connectivity index (χ4v) is 4.04. The minimum atomic E-state index is 0.399. The summed E-state index contributed by atoms with van der Waals surface area (Å²) < 4.78 is 1.30. The molecule has 4 heteroatoms. The average Bonchev–Trinajstić information content (AvgIpc) is 2.72. The van der Waals surface area contributed by atoms with E-state index in [9.17, 15) is 0 Å². The van der Waals surface area contributed by atoms with Gasteiger partial charge in [-0.05, 0) is 58.5 Å². The number of aromatic nitrogens is 1. The maximum atomic E-state index is 4.81. The van der Waals surface area contributed by atoms with Crippen molar-refractivity contribution in [2.45, 2.75) is 38.3 Å². The fraction of sp³-hybridized carbons (Fsp3) is 0.562. The van der Waals surface area contributed by atoms with Crippen LogP contribution in [0.15, 0.2) is 24.3 Å². The van der Waals surface area contributed by atoms with Gasteiger partial charge in [-0.25, -0.2) is 4.98 Å². The Bertz CT molecular complexity index is 525. The Morgan fingerprint density at radius 2 is 2.15 bits per heavy atom. The van der Waals surface area contributed by atoms with Crippen molar-refractivity contribution in [1.29, 1.82) is 0 Å². The quantitative estimate of drug-likeness (QED) is 0.938. The van der Waals surface area contributed by atoms with Crippen LogP contribution in [0.3, 0.4) is 0 Å². The molecule has 3 rings (SSSR count). The van der Waals surface area contributed by atoms with Crippen molar-refractivity contribution < 1.29 is 0 Å². The normalized spacial score (nSPS) is 22.1. The van der Waals surface area contributed by atoms with Crippen molar-refractivity contribution in [3.8, 4) is 0 Å². The van der Waals surface area contributed by atoms with E-state index in [1.807, 2.05) is 11.3 Å². The summed E-state index contributed by atoms with van der Waals surface area (Å²) in [6.45, 7) is 4.59. The van der Waals surface area contributed by atoms with Gasteiger partial charge in [0.1, 0.15) is 5.01 Å². The van der Waals surface area contributed by atoms with Gasteiger partial charge >= 0.3 is 0 Å². The van der Waals surface area contributed by atoms with E-state index in [0.29, 0.717) is 12.1 Å². The predicted octanol–water partition coefficient (Wildman–Crippen LogP) is 3.43. The van der Waals surface area contributed by atoms with Gasteiger partial charge in [0.05, 0.1) is 16.3 Å². The number of nitrogens with one attached hydrogen (secondary N) is 1. The zero-order valence-corrected chi connectivity index (χ0v) is 13.1. The van der Waals surface area contributed by atoms with Crippen LogP contribution < -0.4 is 5.32 Å². The van der Waals surface area contributed by atoms with E-state index in [0.717, 1.165) is 12.1 Å². The summed E-state index contributed by atoms with van der Waals surface area (Å²) >= 11 is 1.83. The second kappa shape index (κ2) is 6.20. The number of para-hydroxylation sites is 1. The molecule has 1 saturated heterocycles. The minimum Gasteiger partial charge on any atom is -0.317 e. The van der Waals surface area contributed by atoms with Crippen LogP contribution in [0.1, 0.15) is 37.2 Å². The van der Waals surface area contributed by atoms with Gasteiger partial charge in [-0.2, -0.15) is 0 Å². The lowest BCUT2D eigenvalue weighted by atomic mass is 10.1. The van der Waals surface area contributed by atoms with Crippen molar-refractivity contribution in [3.05, 3.63) is 29.3 Å². The predicted molar refractivity (Wildman–Crippen MR) is 86.3 cm³/mol. The number of hydrogen-bond donors (Lipinski definition) is 1. The summed E-state index contributed by atoms with van der Waals surface area (Å²) in [5.74, 6) is 0. The van der Waals surface area contributed by atoms with Crippen LogP contribution in [0, 0.1) is 0 Å². The third kappa shape index (κ3) is 2.87. The molecule has 2 unspecified atom stereocenters. The van der Waals surface area contributed by atoms with E-state index in [-0.39, 0.29) is 0 Å². The molecule has 0 radical (unpaired) electrons. The molecule has 2 atom stereocenters. The molecule has 2 heterocycles. The van der Waals surface area contributed by atoms with Gasteiger partial charge in [-0.15, -0.1) is 11.3 Å². The minimum absolute atomic E-state index is 0.399. The van der Waals surface area contributed by atoms with Gasteiger partial charge in [-0.3, -0.25) is 4.90 Å². The maximum Gasteiger partial charge on any atom is 0.111 e. The topological polar surface area (TPSA) is 28.2 Å². The van der Waals surface area contributed by atoms with Crippen molar-refractivity contribution in [3.63, 3.8) is 0 Å². The van der Waals surface area contributed by atoms with Crippen LogP contribution in [-0.4, -0.2) is 36.1 Å². The van der Waals surface area contributed by atoms with Crippen LogP contribution >= 0.6 is 11.3 Å². The highest BCUT2D eigenvalue weighted by atomic mass is 32.1. The van der Waals surface area contributed by atoms with Gasteiger partial charge in [0.2, 0.25) is 0 Å². The molecule has 3 nitrogen and oxygen atoms in total. The molecule has 0 saturated carbocycles. The lowest BCUT2D eigenvalue weighted by Crippen LogP contribution is -2.34. The molecule has 1 aliphatic rings. The number of hydrogen-bond acceptors (Lipinski definition) is 4. The molecule has 1 aliphatic heterocycles. The van der Waals surface area contributed by atoms with Crippen LogP contribution in [0.4, 0.5) is 0 Å². The lowest BCUT2D eigenvalue weighted by Gasteiger charge is -2.31. The first kappa shape index (κ1) is 14.0. The van der Waals surface area contributed by atoms with Crippen LogP contribution in [-0.2, 0) is 0 Å². The SMILES string of the molecule is CC(c1nc2ccccc2s1)N(C)C1CCCNCC1. The molecule has 0 amide bonds. The molecule has 0 aliphatic carbocycles. The first-order chi connectivity index (χ1) is 9.75. The number of benzene rings is 1. The standard InChI is InChI=1S/C16H23N3S/c1-12(19(2)13-6-5-10-17-11-9-13)16-18-14-7-3-4-8-15(14)20-16/h3-4,7-8,12-13,17H,5-6,9-11H2,1-2H3. The summed E-state index contributed by atoms with van der Waals surface area (Å²) in [5, 5.41) is 4.73. The molecule has 20 heavy (non-hydrogen) atoms. The molecular weight excluding hydrogens is 266 g/mol. The maximum absolute atomic E-state index is 4.81. The van der Waals surface area contributed by atoms with Crippen molar-refractivity contribution in [1.82, 2.24) is 15.2 Å². The summed E-state index contributed by atoms with van der Waals surface area (Å²) in [6, 6.07) is 9.51. The number of thiazole rings is 1. The van der Waals surface area contributed by atoms with Crippen molar-refractivity contribution >= 4 is 21.6 Å². The first-order valence-corrected chi connectivity index (χ1v) is 8.35. The van der Waals surface area contributed by atoms with E-state index < -0.39 is 0 Å². The number of fused-ring (bicyclic) bond motifs is 1. The van der Waals surface area contributed by atoms with E-state index in [2.05, 4.69) is 48.5 Å². The molecule has 1 aromatic carbocycles. The highest BCUT2D eigenvalue weighted by Gasteiger charge is 2.23. The average molecular weight is 289 g/mol. The second-order valence-electron chi connectivity index (χ2n) is 5.70. The lowest BCUT2D eigenvalue weighted by molar-refractivity contribution is 0.171. The molecular formula is C16H23N3S.